The zero-order chi connectivity index (χ0) is 18.4. The molecule has 2 saturated heterocycles. The Morgan fingerprint density at radius 1 is 1.30 bits per heavy atom. The van der Waals surface area contributed by atoms with E-state index in [0.29, 0.717) is 11.1 Å². The van der Waals surface area contributed by atoms with Crippen LogP contribution in [0.5, 0.6) is 0 Å². The minimum atomic E-state index is 0. The van der Waals surface area contributed by atoms with Gasteiger partial charge in [0.2, 0.25) is 0 Å². The molecule has 2 aliphatic heterocycles. The van der Waals surface area contributed by atoms with Gasteiger partial charge in [-0.2, -0.15) is 0 Å². The highest BCUT2D eigenvalue weighted by Crippen LogP contribution is 2.25. The lowest BCUT2D eigenvalue weighted by atomic mass is 9.94. The molecule has 0 saturated carbocycles. The highest BCUT2D eigenvalue weighted by atomic mass is 127. The number of guanidine groups is 1. The van der Waals surface area contributed by atoms with Crippen molar-refractivity contribution >= 4 is 47.4 Å². The molecule has 2 N–H and O–H groups in total. The van der Waals surface area contributed by atoms with Crippen LogP contribution >= 0.6 is 35.6 Å². The van der Waals surface area contributed by atoms with Crippen LogP contribution in [-0.2, 0) is 0 Å². The standard InChI is InChI=1S/C19H31ClN6.HI/c1-21-19(23-10-5-15-6-11-25(2)12-7-15)24-16-8-13-26(14-16)18-17(20)4-3-9-22-18;/h3-4,9,15-16H,5-8,10-14H2,1-2H3,(H2,21,23,24);1H. The van der Waals surface area contributed by atoms with Gasteiger partial charge in [-0.1, -0.05) is 11.6 Å². The molecule has 27 heavy (non-hydrogen) atoms. The molecule has 0 spiro atoms. The first-order valence-electron chi connectivity index (χ1n) is 9.67. The van der Waals surface area contributed by atoms with Gasteiger partial charge in [-0.05, 0) is 63.9 Å². The topological polar surface area (TPSA) is 55.8 Å². The van der Waals surface area contributed by atoms with Crippen molar-refractivity contribution in [2.45, 2.75) is 31.7 Å². The molecule has 0 aromatic carbocycles. The first-order valence-corrected chi connectivity index (χ1v) is 10.0. The van der Waals surface area contributed by atoms with Gasteiger partial charge in [-0.25, -0.2) is 4.98 Å². The fourth-order valence-electron chi connectivity index (χ4n) is 3.81. The number of aliphatic imine (C=N–C) groups is 1. The van der Waals surface area contributed by atoms with Crippen molar-refractivity contribution in [2.24, 2.45) is 10.9 Å². The molecule has 152 valence electrons. The van der Waals surface area contributed by atoms with Gasteiger partial charge < -0.3 is 20.4 Å². The van der Waals surface area contributed by atoms with Crippen LogP contribution in [-0.4, -0.2) is 68.7 Å². The van der Waals surface area contributed by atoms with Crippen LogP contribution in [0.2, 0.25) is 5.02 Å². The van der Waals surface area contributed by atoms with Gasteiger partial charge in [0.1, 0.15) is 5.82 Å². The quantitative estimate of drug-likeness (QED) is 0.365. The van der Waals surface area contributed by atoms with Crippen molar-refractivity contribution in [2.75, 3.05) is 51.7 Å². The van der Waals surface area contributed by atoms with Gasteiger partial charge in [0.05, 0.1) is 5.02 Å². The number of anilines is 1. The Morgan fingerprint density at radius 3 is 2.78 bits per heavy atom. The summed E-state index contributed by atoms with van der Waals surface area (Å²) in [4.78, 5) is 13.5. The van der Waals surface area contributed by atoms with E-state index in [1.807, 2.05) is 19.2 Å². The molecule has 2 fully saturated rings. The monoisotopic (exact) mass is 506 g/mol. The van der Waals surface area contributed by atoms with Crippen LogP contribution in [0.3, 0.4) is 0 Å². The number of aromatic nitrogens is 1. The Hall–Kier alpha value is -0.800. The molecule has 1 unspecified atom stereocenters. The lowest BCUT2D eigenvalue weighted by Crippen LogP contribution is -2.45. The number of rotatable bonds is 5. The third-order valence-electron chi connectivity index (χ3n) is 5.47. The molecule has 1 aromatic rings. The van der Waals surface area contributed by atoms with Gasteiger partial charge in [0.15, 0.2) is 5.96 Å². The first-order chi connectivity index (χ1) is 12.7. The van der Waals surface area contributed by atoms with Crippen LogP contribution in [0.15, 0.2) is 23.3 Å². The maximum atomic E-state index is 6.27. The number of hydrogen-bond acceptors (Lipinski definition) is 4. The second-order valence-corrected chi connectivity index (χ2v) is 7.83. The number of nitrogens with one attached hydrogen (secondary N) is 2. The van der Waals surface area contributed by atoms with Crippen molar-refractivity contribution in [3.63, 3.8) is 0 Å². The van der Waals surface area contributed by atoms with Crippen molar-refractivity contribution in [3.05, 3.63) is 23.4 Å². The zero-order valence-electron chi connectivity index (χ0n) is 16.3. The number of likely N-dealkylation sites (tertiary alicyclic amines) is 1. The minimum Gasteiger partial charge on any atom is -0.356 e. The van der Waals surface area contributed by atoms with Crippen LogP contribution in [0.4, 0.5) is 5.82 Å². The molecular formula is C19H32ClIN6. The zero-order valence-corrected chi connectivity index (χ0v) is 19.4. The fourth-order valence-corrected chi connectivity index (χ4v) is 4.05. The Kier molecular flexibility index (Phi) is 9.38. The first kappa shape index (κ1) is 22.5. The third-order valence-corrected chi connectivity index (χ3v) is 5.77. The predicted octanol–water partition coefficient (Wildman–Crippen LogP) is 2.83. The second-order valence-electron chi connectivity index (χ2n) is 7.42. The molecule has 0 amide bonds. The average molecular weight is 507 g/mol. The van der Waals surface area contributed by atoms with Crippen LogP contribution < -0.4 is 15.5 Å². The summed E-state index contributed by atoms with van der Waals surface area (Å²) in [5, 5.41) is 7.75. The lowest BCUT2D eigenvalue weighted by Gasteiger charge is -2.29. The van der Waals surface area contributed by atoms with Gasteiger partial charge in [-0.15, -0.1) is 24.0 Å². The summed E-state index contributed by atoms with van der Waals surface area (Å²) < 4.78 is 0. The smallest absolute Gasteiger partial charge is 0.191 e. The van der Waals surface area contributed by atoms with E-state index >= 15 is 0 Å². The third kappa shape index (κ3) is 6.64. The van der Waals surface area contributed by atoms with E-state index in [0.717, 1.165) is 43.8 Å². The maximum absolute atomic E-state index is 6.27. The van der Waals surface area contributed by atoms with Gasteiger partial charge in [-0.3, -0.25) is 4.99 Å². The summed E-state index contributed by atoms with van der Waals surface area (Å²) in [6.07, 6.45) is 6.70. The summed E-state index contributed by atoms with van der Waals surface area (Å²) in [7, 11) is 4.05. The maximum Gasteiger partial charge on any atom is 0.191 e. The van der Waals surface area contributed by atoms with E-state index in [-0.39, 0.29) is 24.0 Å². The number of nitrogens with zero attached hydrogens (tertiary/aromatic N) is 4. The van der Waals surface area contributed by atoms with Crippen LogP contribution in [0.25, 0.3) is 0 Å². The molecule has 3 heterocycles. The highest BCUT2D eigenvalue weighted by Gasteiger charge is 2.25. The van der Waals surface area contributed by atoms with E-state index < -0.39 is 0 Å². The predicted molar refractivity (Wildman–Crippen MR) is 125 cm³/mol. The normalized spacial score (nSPS) is 21.8. The summed E-state index contributed by atoms with van der Waals surface area (Å²) in [6, 6.07) is 4.13. The summed E-state index contributed by atoms with van der Waals surface area (Å²) in [5.41, 5.74) is 0. The SMILES string of the molecule is CN=C(NCCC1CCN(C)CC1)NC1CCN(c2ncccc2Cl)C1.I. The Morgan fingerprint density at radius 2 is 2.07 bits per heavy atom. The molecule has 0 bridgehead atoms. The number of hydrogen-bond donors (Lipinski definition) is 2. The van der Waals surface area contributed by atoms with Gasteiger partial charge >= 0.3 is 0 Å². The van der Waals surface area contributed by atoms with Crippen molar-refractivity contribution in [1.82, 2.24) is 20.5 Å². The van der Waals surface area contributed by atoms with E-state index in [9.17, 15) is 0 Å². The van der Waals surface area contributed by atoms with Crippen LogP contribution in [0.1, 0.15) is 25.7 Å². The number of pyridine rings is 1. The van der Waals surface area contributed by atoms with Crippen molar-refractivity contribution in [3.8, 4) is 0 Å². The second kappa shape index (κ2) is 11.3. The molecule has 2 aliphatic rings. The Balaban J connectivity index is 0.00000261. The molecule has 0 aliphatic carbocycles. The largest absolute Gasteiger partial charge is 0.356 e. The summed E-state index contributed by atoms with van der Waals surface area (Å²) in [6.45, 7) is 5.29. The lowest BCUT2D eigenvalue weighted by molar-refractivity contribution is 0.213. The van der Waals surface area contributed by atoms with E-state index in [1.54, 1.807) is 6.20 Å². The van der Waals surface area contributed by atoms with Gasteiger partial charge in [0, 0.05) is 38.9 Å². The number of halogens is 2. The van der Waals surface area contributed by atoms with Crippen molar-refractivity contribution < 1.29 is 0 Å². The van der Waals surface area contributed by atoms with E-state index in [4.69, 9.17) is 11.6 Å². The van der Waals surface area contributed by atoms with Gasteiger partial charge in [0.25, 0.3) is 0 Å². The average Bonchev–Trinajstić information content (AvgIpc) is 3.11. The number of piperidine rings is 1. The Labute approximate surface area is 185 Å². The molecule has 3 rings (SSSR count). The molecule has 1 aromatic heterocycles. The van der Waals surface area contributed by atoms with Crippen LogP contribution in [0, 0.1) is 5.92 Å². The van der Waals surface area contributed by atoms with Crippen molar-refractivity contribution in [1.29, 1.82) is 0 Å². The minimum absolute atomic E-state index is 0. The fraction of sp³-hybridized carbons (Fsp3) is 0.684. The summed E-state index contributed by atoms with van der Waals surface area (Å²) in [5.74, 6) is 2.62. The van der Waals surface area contributed by atoms with E-state index in [1.165, 1.54) is 32.4 Å². The highest BCUT2D eigenvalue weighted by molar-refractivity contribution is 14.0. The molecule has 1 atom stereocenters. The summed E-state index contributed by atoms with van der Waals surface area (Å²) >= 11 is 6.27. The molecule has 0 radical (unpaired) electrons. The Bertz CT molecular complexity index is 606. The molecular weight excluding hydrogens is 475 g/mol. The molecule has 6 nitrogen and oxygen atoms in total. The molecule has 8 heteroatoms. The van der Waals surface area contributed by atoms with E-state index in [2.05, 4.69) is 37.5 Å².